The van der Waals surface area contributed by atoms with Gasteiger partial charge in [-0.2, -0.15) is 0 Å². The van der Waals surface area contributed by atoms with Gasteiger partial charge in [-0.15, -0.1) is 0 Å². The van der Waals surface area contributed by atoms with Crippen molar-refractivity contribution >= 4 is 17.6 Å². The number of carbonyl (C=O) groups excluding carboxylic acids is 2. The Morgan fingerprint density at radius 3 is 2.60 bits per heavy atom. The fourth-order valence-corrected chi connectivity index (χ4v) is 3.36. The van der Waals surface area contributed by atoms with Crippen molar-refractivity contribution in [3.63, 3.8) is 0 Å². The third-order valence-electron chi connectivity index (χ3n) is 5.01. The van der Waals surface area contributed by atoms with Gasteiger partial charge in [0.2, 0.25) is 11.7 Å². The highest BCUT2D eigenvalue weighted by Crippen LogP contribution is 2.25. The van der Waals surface area contributed by atoms with Gasteiger partial charge in [0, 0.05) is 43.4 Å². The molecule has 1 aliphatic carbocycles. The molecule has 25 heavy (non-hydrogen) atoms. The molecule has 0 aromatic carbocycles. The normalized spacial score (nSPS) is 20.1. The van der Waals surface area contributed by atoms with Crippen LogP contribution < -0.4 is 15.5 Å². The maximum Gasteiger partial charge on any atom is 0.288 e. The van der Waals surface area contributed by atoms with Crippen molar-refractivity contribution in [3.05, 3.63) is 29.2 Å². The van der Waals surface area contributed by atoms with Crippen molar-refractivity contribution in [2.45, 2.75) is 39.2 Å². The minimum atomic E-state index is -0.290. The molecular formula is C18H25N5O2. The van der Waals surface area contributed by atoms with Gasteiger partial charge in [-0.1, -0.05) is 12.2 Å². The molecule has 0 radical (unpaired) electrons. The van der Waals surface area contributed by atoms with Gasteiger partial charge in [0.15, 0.2) is 0 Å². The topological polar surface area (TPSA) is 87.2 Å². The zero-order valence-electron chi connectivity index (χ0n) is 15.0. The van der Waals surface area contributed by atoms with E-state index in [2.05, 4.69) is 37.7 Å². The zero-order valence-corrected chi connectivity index (χ0v) is 15.0. The molecule has 1 fully saturated rings. The molecule has 3 rings (SSSR count). The molecule has 1 aliphatic heterocycles. The molecule has 2 N–H and O–H groups in total. The molecule has 134 valence electrons. The van der Waals surface area contributed by atoms with Crippen molar-refractivity contribution < 1.29 is 9.59 Å². The van der Waals surface area contributed by atoms with Crippen molar-refractivity contribution in [3.8, 4) is 0 Å². The number of aromatic nitrogens is 2. The first kappa shape index (κ1) is 17.4. The third kappa shape index (κ3) is 3.65. The van der Waals surface area contributed by atoms with Gasteiger partial charge in [-0.05, 0) is 33.1 Å². The Labute approximate surface area is 147 Å². The molecule has 1 saturated heterocycles. The van der Waals surface area contributed by atoms with Crippen LogP contribution in [0.4, 0.5) is 5.82 Å². The van der Waals surface area contributed by atoms with Crippen LogP contribution in [0.3, 0.4) is 0 Å². The van der Waals surface area contributed by atoms with E-state index in [1.54, 1.807) is 7.05 Å². The molecule has 2 aliphatic rings. The number of nitrogens with one attached hydrogen (secondary N) is 2. The second kappa shape index (κ2) is 7.21. The van der Waals surface area contributed by atoms with Crippen LogP contribution in [0, 0.1) is 19.8 Å². The molecule has 0 unspecified atom stereocenters. The first-order chi connectivity index (χ1) is 12.0. The summed E-state index contributed by atoms with van der Waals surface area (Å²) in [4.78, 5) is 35.0. The van der Waals surface area contributed by atoms with E-state index < -0.39 is 0 Å². The number of amides is 2. The summed E-state index contributed by atoms with van der Waals surface area (Å²) in [6.45, 7) is 5.36. The largest absolute Gasteiger partial charge is 0.354 e. The Hall–Kier alpha value is -2.44. The van der Waals surface area contributed by atoms with Crippen molar-refractivity contribution in [1.29, 1.82) is 0 Å². The molecule has 7 nitrogen and oxygen atoms in total. The lowest BCUT2D eigenvalue weighted by Gasteiger charge is -2.22. The minimum absolute atomic E-state index is 0.0805. The Kier molecular flexibility index (Phi) is 5.01. The summed E-state index contributed by atoms with van der Waals surface area (Å²) in [7, 11) is 1.57. The molecule has 1 atom stereocenters. The number of carbonyl (C=O) groups is 2. The number of anilines is 1. The van der Waals surface area contributed by atoms with Crippen molar-refractivity contribution in [2.75, 3.05) is 25.0 Å². The lowest BCUT2D eigenvalue weighted by Crippen LogP contribution is -2.40. The standard InChI is InChI=1S/C18H25N5O2/c1-11-12(2)20-15(18(25)19-3)22-16(11)23-9-8-14(10-23)21-17(24)13-6-4-5-7-13/h4-5,13-14H,6-10H2,1-3H3,(H,19,25)(H,21,24)/t14-/m1/s1. The summed E-state index contributed by atoms with van der Waals surface area (Å²) >= 11 is 0. The second-order valence-corrected chi connectivity index (χ2v) is 6.74. The molecule has 2 amide bonds. The lowest BCUT2D eigenvalue weighted by atomic mass is 10.1. The monoisotopic (exact) mass is 343 g/mol. The SMILES string of the molecule is CNC(=O)c1nc(C)c(C)c(N2CC[C@@H](NC(=O)C3CC=CC3)C2)n1. The Morgan fingerprint density at radius 2 is 1.92 bits per heavy atom. The van der Waals surface area contributed by atoms with Crippen LogP contribution >= 0.6 is 0 Å². The number of allylic oxidation sites excluding steroid dienone is 2. The molecular weight excluding hydrogens is 318 g/mol. The summed E-state index contributed by atoms with van der Waals surface area (Å²) in [6, 6.07) is 0.117. The van der Waals surface area contributed by atoms with Gasteiger partial charge >= 0.3 is 0 Å². The Balaban J connectivity index is 1.70. The van der Waals surface area contributed by atoms with Gasteiger partial charge in [0.05, 0.1) is 0 Å². The Morgan fingerprint density at radius 1 is 1.20 bits per heavy atom. The lowest BCUT2D eigenvalue weighted by molar-refractivity contribution is -0.125. The third-order valence-corrected chi connectivity index (χ3v) is 5.01. The van der Waals surface area contributed by atoms with E-state index in [1.807, 2.05) is 13.8 Å². The van der Waals surface area contributed by atoms with Gasteiger partial charge in [-0.25, -0.2) is 9.97 Å². The summed E-state index contributed by atoms with van der Waals surface area (Å²) in [5.74, 6) is 0.896. The van der Waals surface area contributed by atoms with Crippen LogP contribution in [-0.4, -0.2) is 48.0 Å². The van der Waals surface area contributed by atoms with Crippen LogP contribution in [0.25, 0.3) is 0 Å². The highest BCUT2D eigenvalue weighted by atomic mass is 16.2. The summed E-state index contributed by atoms with van der Waals surface area (Å²) in [5, 5.41) is 5.73. The van der Waals surface area contributed by atoms with Crippen LogP contribution in [0.1, 0.15) is 41.1 Å². The van der Waals surface area contributed by atoms with E-state index in [9.17, 15) is 9.59 Å². The van der Waals surface area contributed by atoms with E-state index >= 15 is 0 Å². The van der Waals surface area contributed by atoms with Gasteiger partial charge in [-0.3, -0.25) is 9.59 Å². The minimum Gasteiger partial charge on any atom is -0.354 e. The predicted molar refractivity (Wildman–Crippen MR) is 95.5 cm³/mol. The number of hydrogen-bond donors (Lipinski definition) is 2. The molecule has 0 spiro atoms. The van der Waals surface area contributed by atoms with Gasteiger partial charge in [0.1, 0.15) is 5.82 Å². The fraction of sp³-hybridized carbons (Fsp3) is 0.556. The van der Waals surface area contributed by atoms with Crippen LogP contribution in [-0.2, 0) is 4.79 Å². The molecule has 1 aromatic rings. The Bertz CT molecular complexity index is 708. The van der Waals surface area contributed by atoms with E-state index in [4.69, 9.17) is 0 Å². The van der Waals surface area contributed by atoms with Crippen LogP contribution in [0.15, 0.2) is 12.2 Å². The van der Waals surface area contributed by atoms with E-state index in [1.165, 1.54) is 0 Å². The van der Waals surface area contributed by atoms with E-state index in [0.717, 1.165) is 42.9 Å². The maximum absolute atomic E-state index is 12.3. The molecule has 0 saturated carbocycles. The summed E-state index contributed by atoms with van der Waals surface area (Å²) in [6.07, 6.45) is 6.69. The van der Waals surface area contributed by atoms with Crippen molar-refractivity contribution in [1.82, 2.24) is 20.6 Å². The first-order valence-corrected chi connectivity index (χ1v) is 8.77. The van der Waals surface area contributed by atoms with Crippen LogP contribution in [0.5, 0.6) is 0 Å². The number of nitrogens with zero attached hydrogens (tertiary/aromatic N) is 3. The first-order valence-electron chi connectivity index (χ1n) is 8.77. The van der Waals surface area contributed by atoms with Gasteiger partial charge < -0.3 is 15.5 Å². The average Bonchev–Trinajstić information content (AvgIpc) is 3.28. The summed E-state index contributed by atoms with van der Waals surface area (Å²) < 4.78 is 0. The predicted octanol–water partition coefficient (Wildman–Crippen LogP) is 1.11. The van der Waals surface area contributed by atoms with Crippen LogP contribution in [0.2, 0.25) is 0 Å². The number of hydrogen-bond acceptors (Lipinski definition) is 5. The van der Waals surface area contributed by atoms with Gasteiger partial charge in [0.25, 0.3) is 5.91 Å². The highest BCUT2D eigenvalue weighted by molar-refractivity contribution is 5.90. The van der Waals surface area contributed by atoms with E-state index in [-0.39, 0.29) is 29.6 Å². The number of aryl methyl sites for hydroxylation is 1. The quantitative estimate of drug-likeness (QED) is 0.800. The average molecular weight is 343 g/mol. The van der Waals surface area contributed by atoms with Crippen molar-refractivity contribution in [2.24, 2.45) is 5.92 Å². The zero-order chi connectivity index (χ0) is 18.0. The molecule has 7 heteroatoms. The maximum atomic E-state index is 12.3. The fourth-order valence-electron chi connectivity index (χ4n) is 3.36. The molecule has 1 aromatic heterocycles. The number of rotatable bonds is 4. The smallest absolute Gasteiger partial charge is 0.288 e. The molecule has 0 bridgehead atoms. The van der Waals surface area contributed by atoms with E-state index in [0.29, 0.717) is 6.54 Å². The highest BCUT2D eigenvalue weighted by Gasteiger charge is 2.29. The molecule has 2 heterocycles. The summed E-state index contributed by atoms with van der Waals surface area (Å²) in [5.41, 5.74) is 1.77. The second-order valence-electron chi connectivity index (χ2n) is 6.74.